The number of nitrogens with zero attached hydrogens (tertiary/aromatic N) is 4. The van der Waals surface area contributed by atoms with Crippen molar-refractivity contribution in [3.63, 3.8) is 0 Å². The fraction of sp³-hybridized carbons (Fsp3) is 0.400. The Bertz CT molecular complexity index is 284. The Morgan fingerprint density at radius 3 is 2.70 bits per heavy atom. The zero-order valence-electron chi connectivity index (χ0n) is 5.70. The molecule has 10 heavy (non-hydrogen) atoms. The molecule has 0 unspecified atom stereocenters. The number of hydrogen-bond donors (Lipinski definition) is 0. The molecule has 0 saturated carbocycles. The van der Waals surface area contributed by atoms with Gasteiger partial charge in [0.25, 0.3) is 0 Å². The maximum atomic E-state index is 8.02. The Balaban J connectivity index is 3.17. The van der Waals surface area contributed by atoms with Gasteiger partial charge in [-0.05, 0) is 24.5 Å². The molecule has 5 heteroatoms. The molecule has 0 saturated heterocycles. The SMILES string of the molecule is Cc1noc(N=[N+]=[N-])c1C. The van der Waals surface area contributed by atoms with Gasteiger partial charge in [-0.15, -0.1) is 0 Å². The molecule has 52 valence electrons. The summed E-state index contributed by atoms with van der Waals surface area (Å²) in [4.78, 5) is 2.57. The van der Waals surface area contributed by atoms with E-state index < -0.39 is 0 Å². The van der Waals surface area contributed by atoms with Gasteiger partial charge in [-0.1, -0.05) is 5.16 Å². The van der Waals surface area contributed by atoms with Gasteiger partial charge < -0.3 is 4.52 Å². The highest BCUT2D eigenvalue weighted by molar-refractivity contribution is 5.35. The number of aromatic nitrogens is 1. The molecule has 1 rings (SSSR count). The average Bonchev–Trinajstić information content (AvgIpc) is 2.20. The molecule has 0 amide bonds. The van der Waals surface area contributed by atoms with Crippen molar-refractivity contribution in [2.75, 3.05) is 0 Å². The topological polar surface area (TPSA) is 74.8 Å². The summed E-state index contributed by atoms with van der Waals surface area (Å²) in [5, 5.41) is 6.87. The third-order valence-electron chi connectivity index (χ3n) is 1.27. The van der Waals surface area contributed by atoms with E-state index in [0.717, 1.165) is 11.3 Å². The van der Waals surface area contributed by atoms with Crippen molar-refractivity contribution in [2.24, 2.45) is 5.11 Å². The maximum absolute atomic E-state index is 8.02. The summed E-state index contributed by atoms with van der Waals surface area (Å²) in [6, 6.07) is 0. The van der Waals surface area contributed by atoms with Crippen LogP contribution in [-0.2, 0) is 0 Å². The van der Waals surface area contributed by atoms with Crippen LogP contribution in [-0.4, -0.2) is 5.16 Å². The summed E-state index contributed by atoms with van der Waals surface area (Å²) >= 11 is 0. The Kier molecular flexibility index (Phi) is 1.60. The van der Waals surface area contributed by atoms with Crippen LogP contribution in [0.25, 0.3) is 10.4 Å². The zero-order valence-corrected chi connectivity index (χ0v) is 5.70. The minimum Gasteiger partial charge on any atom is -0.354 e. The van der Waals surface area contributed by atoms with Gasteiger partial charge in [0.15, 0.2) is 0 Å². The van der Waals surface area contributed by atoms with Gasteiger partial charge in [0.2, 0.25) is 5.88 Å². The van der Waals surface area contributed by atoms with E-state index in [9.17, 15) is 0 Å². The van der Waals surface area contributed by atoms with Crippen LogP contribution in [0.15, 0.2) is 9.64 Å². The van der Waals surface area contributed by atoms with Gasteiger partial charge in [0.1, 0.15) is 0 Å². The van der Waals surface area contributed by atoms with Gasteiger partial charge in [-0.3, -0.25) is 0 Å². The smallest absolute Gasteiger partial charge is 0.226 e. The Hall–Kier alpha value is -1.48. The molecule has 1 heterocycles. The van der Waals surface area contributed by atoms with E-state index in [1.54, 1.807) is 13.8 Å². The average molecular weight is 138 g/mol. The lowest BCUT2D eigenvalue weighted by Gasteiger charge is -1.80. The number of azide groups is 1. The second-order valence-corrected chi connectivity index (χ2v) is 1.89. The van der Waals surface area contributed by atoms with Crippen molar-refractivity contribution in [3.05, 3.63) is 21.7 Å². The van der Waals surface area contributed by atoms with E-state index in [4.69, 9.17) is 5.53 Å². The first kappa shape index (κ1) is 6.64. The van der Waals surface area contributed by atoms with Crippen LogP contribution in [0.4, 0.5) is 5.88 Å². The summed E-state index contributed by atoms with van der Waals surface area (Å²) in [5.74, 6) is 0.250. The molecule has 0 aliphatic rings. The Morgan fingerprint density at radius 1 is 1.60 bits per heavy atom. The predicted octanol–water partition coefficient (Wildman–Crippen LogP) is 2.23. The van der Waals surface area contributed by atoms with Crippen LogP contribution in [0.3, 0.4) is 0 Å². The molecule has 1 aromatic rings. The van der Waals surface area contributed by atoms with Crippen molar-refractivity contribution in [2.45, 2.75) is 13.8 Å². The van der Waals surface area contributed by atoms with Crippen LogP contribution in [0, 0.1) is 13.8 Å². The molecule has 0 N–H and O–H groups in total. The fourth-order valence-electron chi connectivity index (χ4n) is 0.537. The summed E-state index contributed by atoms with van der Waals surface area (Å²) in [5.41, 5.74) is 9.57. The molecule has 0 spiro atoms. The maximum Gasteiger partial charge on any atom is 0.226 e. The minimum absolute atomic E-state index is 0.250. The first-order chi connectivity index (χ1) is 4.75. The van der Waals surface area contributed by atoms with Gasteiger partial charge in [0.05, 0.1) is 5.69 Å². The highest BCUT2D eigenvalue weighted by Gasteiger charge is 2.04. The minimum atomic E-state index is 0.250. The lowest BCUT2D eigenvalue weighted by molar-refractivity contribution is 0.424. The van der Waals surface area contributed by atoms with Crippen molar-refractivity contribution in [3.8, 4) is 0 Å². The lowest BCUT2D eigenvalue weighted by Crippen LogP contribution is -1.70. The number of rotatable bonds is 1. The Labute approximate surface area is 57.3 Å². The molecule has 0 aromatic carbocycles. The molecule has 5 nitrogen and oxygen atoms in total. The summed E-state index contributed by atoms with van der Waals surface area (Å²) < 4.78 is 4.67. The monoisotopic (exact) mass is 138 g/mol. The van der Waals surface area contributed by atoms with E-state index in [0.29, 0.717) is 0 Å². The highest BCUT2D eigenvalue weighted by Crippen LogP contribution is 2.20. The molecule has 1 aromatic heterocycles. The predicted molar refractivity (Wildman–Crippen MR) is 34.8 cm³/mol. The van der Waals surface area contributed by atoms with E-state index in [2.05, 4.69) is 19.7 Å². The summed E-state index contributed by atoms with van der Waals surface area (Å²) in [6.45, 7) is 3.57. The Morgan fingerprint density at radius 2 is 2.30 bits per heavy atom. The second-order valence-electron chi connectivity index (χ2n) is 1.89. The molecular weight excluding hydrogens is 132 g/mol. The molecule has 0 aliphatic heterocycles. The molecular formula is C5H6N4O. The molecule has 0 radical (unpaired) electrons. The van der Waals surface area contributed by atoms with Crippen LogP contribution in [0.1, 0.15) is 11.3 Å². The molecule has 0 atom stereocenters. The highest BCUT2D eigenvalue weighted by atomic mass is 16.5. The van der Waals surface area contributed by atoms with Crippen molar-refractivity contribution in [1.29, 1.82) is 0 Å². The summed E-state index contributed by atoms with van der Waals surface area (Å²) in [6.07, 6.45) is 0. The first-order valence-electron chi connectivity index (χ1n) is 2.73. The van der Waals surface area contributed by atoms with Gasteiger partial charge in [0, 0.05) is 10.5 Å². The third kappa shape index (κ3) is 0.942. The molecule has 0 bridgehead atoms. The van der Waals surface area contributed by atoms with Crippen molar-refractivity contribution < 1.29 is 4.52 Å². The normalized spacial score (nSPS) is 9.00. The number of aryl methyl sites for hydroxylation is 1. The number of hydrogen-bond acceptors (Lipinski definition) is 3. The van der Waals surface area contributed by atoms with Crippen LogP contribution >= 0.6 is 0 Å². The molecule has 0 fully saturated rings. The van der Waals surface area contributed by atoms with Crippen molar-refractivity contribution >= 4 is 5.88 Å². The second kappa shape index (κ2) is 2.41. The lowest BCUT2D eigenvalue weighted by atomic mass is 10.3. The van der Waals surface area contributed by atoms with E-state index in [1.807, 2.05) is 0 Å². The quantitative estimate of drug-likeness (QED) is 0.339. The third-order valence-corrected chi connectivity index (χ3v) is 1.27. The summed E-state index contributed by atoms with van der Waals surface area (Å²) in [7, 11) is 0. The molecule has 0 aliphatic carbocycles. The standard InChI is InChI=1S/C5H6N4O/c1-3-4(2)8-10-5(3)7-9-6/h1-2H3. The first-order valence-corrected chi connectivity index (χ1v) is 2.73. The zero-order chi connectivity index (χ0) is 7.56. The fourth-order valence-corrected chi connectivity index (χ4v) is 0.537. The van der Waals surface area contributed by atoms with Gasteiger partial charge in [-0.2, -0.15) is 0 Å². The van der Waals surface area contributed by atoms with Crippen LogP contribution in [0.5, 0.6) is 0 Å². The van der Waals surface area contributed by atoms with E-state index >= 15 is 0 Å². The van der Waals surface area contributed by atoms with Crippen molar-refractivity contribution in [1.82, 2.24) is 5.16 Å². The largest absolute Gasteiger partial charge is 0.354 e. The van der Waals surface area contributed by atoms with Gasteiger partial charge in [-0.25, -0.2) is 0 Å². The van der Waals surface area contributed by atoms with Crippen LogP contribution in [0.2, 0.25) is 0 Å². The van der Waals surface area contributed by atoms with Crippen LogP contribution < -0.4 is 0 Å². The van der Waals surface area contributed by atoms with Gasteiger partial charge >= 0.3 is 0 Å². The van der Waals surface area contributed by atoms with E-state index in [1.165, 1.54) is 0 Å². The van der Waals surface area contributed by atoms with E-state index in [-0.39, 0.29) is 5.88 Å².